The van der Waals surface area contributed by atoms with Crippen molar-refractivity contribution in [2.75, 3.05) is 18.6 Å². The lowest BCUT2D eigenvalue weighted by molar-refractivity contribution is -0.143. The Morgan fingerprint density at radius 2 is 1.50 bits per heavy atom. The van der Waals surface area contributed by atoms with Gasteiger partial charge in [0.05, 0.1) is 12.1 Å². The predicted octanol–water partition coefficient (Wildman–Crippen LogP) is -2.02. The number of aliphatic carboxylic acids is 2. The summed E-state index contributed by atoms with van der Waals surface area (Å²) in [7, 11) is 0. The number of hydrogen-bond donors (Lipinski definition) is 8. The van der Waals surface area contributed by atoms with Gasteiger partial charge < -0.3 is 42.7 Å². The number of amides is 3. The Kier molecular flexibility index (Phi) is 15.9. The van der Waals surface area contributed by atoms with Gasteiger partial charge in [0.1, 0.15) is 18.1 Å². The molecule has 0 rings (SSSR count). The van der Waals surface area contributed by atoms with Crippen LogP contribution in [0.25, 0.3) is 0 Å². The third kappa shape index (κ3) is 12.7. The molecule has 0 aliphatic heterocycles. The van der Waals surface area contributed by atoms with Crippen LogP contribution in [0.2, 0.25) is 0 Å². The molecule has 0 fully saturated rings. The van der Waals surface area contributed by atoms with Crippen molar-refractivity contribution in [3.63, 3.8) is 0 Å². The van der Waals surface area contributed by atoms with Crippen LogP contribution in [0.15, 0.2) is 0 Å². The van der Waals surface area contributed by atoms with Crippen molar-refractivity contribution in [3.05, 3.63) is 0 Å². The number of carbonyl (C=O) groups is 5. The lowest BCUT2D eigenvalue weighted by Gasteiger charge is -2.26. The van der Waals surface area contributed by atoms with E-state index in [9.17, 15) is 34.2 Å². The highest BCUT2D eigenvalue weighted by atomic mass is 32.2. The quantitative estimate of drug-likeness (QED) is 0.0943. The van der Waals surface area contributed by atoms with E-state index in [4.69, 9.17) is 16.6 Å². The second-order valence-electron chi connectivity index (χ2n) is 7.79. The van der Waals surface area contributed by atoms with Crippen LogP contribution < -0.4 is 27.4 Å². The number of carboxylic acid groups (broad SMARTS) is 2. The zero-order valence-corrected chi connectivity index (χ0v) is 20.3. The van der Waals surface area contributed by atoms with Gasteiger partial charge in [0.25, 0.3) is 0 Å². The maximum Gasteiger partial charge on any atom is 0.326 e. The number of carbonyl (C=O) groups excluding carboxylic acids is 3. The van der Waals surface area contributed by atoms with Gasteiger partial charge >= 0.3 is 11.9 Å². The maximum absolute atomic E-state index is 12.8. The van der Waals surface area contributed by atoms with E-state index in [-0.39, 0.29) is 12.8 Å². The standard InChI is InChI=1S/C20H37N5O8S/c1-11(26)16(19(31)24-14(20(32)33)5-3-4-9-21)25-18(30)13(6-7-15(27)28)23-17(29)12(22)8-10-34-2/h11-14,16,26H,3-10,21-22H2,1-2H3,(H,23,29)(H,24,31)(H,25,30)(H,27,28)(H,32,33). The van der Waals surface area contributed by atoms with E-state index in [0.29, 0.717) is 31.6 Å². The molecule has 13 nitrogen and oxygen atoms in total. The van der Waals surface area contributed by atoms with Crippen molar-refractivity contribution < 1.29 is 39.3 Å². The van der Waals surface area contributed by atoms with Crippen LogP contribution in [0.4, 0.5) is 0 Å². The van der Waals surface area contributed by atoms with Crippen LogP contribution in [0, 0.1) is 0 Å². The molecule has 0 heterocycles. The molecular weight excluding hydrogens is 470 g/mol. The summed E-state index contributed by atoms with van der Waals surface area (Å²) in [6, 6.07) is -5.06. The van der Waals surface area contributed by atoms with Crippen molar-refractivity contribution in [1.29, 1.82) is 0 Å². The number of nitrogens with two attached hydrogens (primary N) is 2. The van der Waals surface area contributed by atoms with Gasteiger partial charge in [-0.25, -0.2) is 4.79 Å². The number of aliphatic hydroxyl groups excluding tert-OH is 1. The Bertz CT molecular complexity index is 694. The van der Waals surface area contributed by atoms with E-state index >= 15 is 0 Å². The molecule has 0 aliphatic carbocycles. The highest BCUT2D eigenvalue weighted by Gasteiger charge is 2.32. The summed E-state index contributed by atoms with van der Waals surface area (Å²) in [6.07, 6.45) is 1.12. The van der Waals surface area contributed by atoms with Crippen LogP contribution in [0.1, 0.15) is 45.4 Å². The maximum atomic E-state index is 12.8. The smallest absolute Gasteiger partial charge is 0.326 e. The van der Waals surface area contributed by atoms with Crippen molar-refractivity contribution in [2.45, 2.75) is 75.7 Å². The molecule has 196 valence electrons. The van der Waals surface area contributed by atoms with E-state index in [1.807, 2.05) is 6.26 Å². The van der Waals surface area contributed by atoms with Gasteiger partial charge in [0, 0.05) is 6.42 Å². The highest BCUT2D eigenvalue weighted by molar-refractivity contribution is 7.98. The average molecular weight is 508 g/mol. The minimum absolute atomic E-state index is 0.101. The summed E-state index contributed by atoms with van der Waals surface area (Å²) < 4.78 is 0. The predicted molar refractivity (Wildman–Crippen MR) is 126 cm³/mol. The van der Waals surface area contributed by atoms with Crippen molar-refractivity contribution in [1.82, 2.24) is 16.0 Å². The zero-order valence-electron chi connectivity index (χ0n) is 19.5. The molecule has 0 aromatic rings. The molecule has 0 saturated carbocycles. The summed E-state index contributed by atoms with van der Waals surface area (Å²) in [5, 5.41) is 35.3. The normalized spacial score (nSPS) is 15.3. The lowest BCUT2D eigenvalue weighted by Crippen LogP contribution is -2.59. The lowest BCUT2D eigenvalue weighted by atomic mass is 10.1. The molecule has 5 unspecified atom stereocenters. The minimum atomic E-state index is -1.54. The van der Waals surface area contributed by atoms with Gasteiger partial charge in [-0.1, -0.05) is 0 Å². The van der Waals surface area contributed by atoms with Gasteiger partial charge in [-0.3, -0.25) is 19.2 Å². The van der Waals surface area contributed by atoms with E-state index < -0.39 is 66.4 Å². The number of carboxylic acids is 2. The average Bonchev–Trinajstić information content (AvgIpc) is 2.76. The molecular formula is C20H37N5O8S. The third-order valence-corrected chi connectivity index (χ3v) is 5.52. The number of hydrogen-bond acceptors (Lipinski definition) is 9. The van der Waals surface area contributed by atoms with Crippen LogP contribution in [0.5, 0.6) is 0 Å². The molecule has 14 heteroatoms. The summed E-state index contributed by atoms with van der Waals surface area (Å²) in [5.74, 6) is -4.41. The monoisotopic (exact) mass is 507 g/mol. The van der Waals surface area contributed by atoms with E-state index in [1.165, 1.54) is 18.7 Å². The molecule has 3 amide bonds. The molecule has 0 aliphatic rings. The van der Waals surface area contributed by atoms with Gasteiger partial charge in [0.2, 0.25) is 17.7 Å². The minimum Gasteiger partial charge on any atom is -0.481 e. The van der Waals surface area contributed by atoms with Gasteiger partial charge in [-0.2, -0.15) is 11.8 Å². The molecule has 0 spiro atoms. The molecule has 34 heavy (non-hydrogen) atoms. The fourth-order valence-electron chi connectivity index (χ4n) is 2.86. The summed E-state index contributed by atoms with van der Waals surface area (Å²) >= 11 is 1.48. The molecule has 10 N–H and O–H groups in total. The number of aliphatic hydroxyl groups is 1. The largest absolute Gasteiger partial charge is 0.481 e. The van der Waals surface area contributed by atoms with E-state index in [1.54, 1.807) is 0 Å². The molecule has 0 aromatic heterocycles. The number of unbranched alkanes of at least 4 members (excludes halogenated alkanes) is 1. The summed E-state index contributed by atoms with van der Waals surface area (Å²) in [4.78, 5) is 60.2. The van der Waals surface area contributed by atoms with Crippen LogP contribution in [-0.4, -0.2) is 93.8 Å². The summed E-state index contributed by atoms with van der Waals surface area (Å²) in [6.45, 7) is 1.58. The van der Waals surface area contributed by atoms with Crippen LogP contribution >= 0.6 is 11.8 Å². The number of rotatable bonds is 18. The van der Waals surface area contributed by atoms with Crippen molar-refractivity contribution in [2.24, 2.45) is 11.5 Å². The van der Waals surface area contributed by atoms with Crippen LogP contribution in [0.3, 0.4) is 0 Å². The van der Waals surface area contributed by atoms with Gasteiger partial charge in [-0.05, 0) is 57.6 Å². The molecule has 0 saturated heterocycles. The molecule has 0 bridgehead atoms. The first kappa shape index (κ1) is 31.6. The van der Waals surface area contributed by atoms with Gasteiger partial charge in [-0.15, -0.1) is 0 Å². The van der Waals surface area contributed by atoms with E-state index in [0.717, 1.165) is 0 Å². The Morgan fingerprint density at radius 1 is 0.882 bits per heavy atom. The van der Waals surface area contributed by atoms with Crippen LogP contribution in [-0.2, 0) is 24.0 Å². The first-order chi connectivity index (χ1) is 15.9. The second kappa shape index (κ2) is 17.1. The Balaban J connectivity index is 5.38. The summed E-state index contributed by atoms with van der Waals surface area (Å²) in [5.41, 5.74) is 11.2. The fourth-order valence-corrected chi connectivity index (χ4v) is 3.35. The second-order valence-corrected chi connectivity index (χ2v) is 8.78. The first-order valence-corrected chi connectivity index (χ1v) is 12.3. The fraction of sp³-hybridized carbons (Fsp3) is 0.750. The number of thioether (sulfide) groups is 1. The topological polar surface area (TPSA) is 234 Å². The van der Waals surface area contributed by atoms with Crippen molar-refractivity contribution >= 4 is 41.4 Å². The molecule has 5 atom stereocenters. The zero-order chi connectivity index (χ0) is 26.3. The Labute approximate surface area is 202 Å². The third-order valence-electron chi connectivity index (χ3n) is 4.87. The van der Waals surface area contributed by atoms with Crippen molar-refractivity contribution in [3.8, 4) is 0 Å². The SMILES string of the molecule is CSCCC(N)C(=O)NC(CCC(=O)O)C(=O)NC(C(=O)NC(CCCCN)C(=O)O)C(C)O. The Morgan fingerprint density at radius 3 is 2.00 bits per heavy atom. The highest BCUT2D eigenvalue weighted by Crippen LogP contribution is 2.06. The first-order valence-electron chi connectivity index (χ1n) is 10.9. The van der Waals surface area contributed by atoms with Gasteiger partial charge in [0.15, 0.2) is 0 Å². The number of nitrogens with one attached hydrogen (secondary N) is 3. The molecule has 0 aromatic carbocycles. The van der Waals surface area contributed by atoms with E-state index in [2.05, 4.69) is 16.0 Å². The molecule has 0 radical (unpaired) electrons. The Hall–Kier alpha value is -2.42.